The molecular formula is C27H32N4O8. The van der Waals surface area contributed by atoms with E-state index in [0.29, 0.717) is 12.0 Å². The lowest BCUT2D eigenvalue weighted by Crippen LogP contribution is -2.58. The molecule has 1 fully saturated rings. The fourth-order valence-electron chi connectivity index (χ4n) is 4.45. The first kappa shape index (κ1) is 29.1. The Kier molecular flexibility index (Phi) is 9.98. The van der Waals surface area contributed by atoms with E-state index in [0.717, 1.165) is 10.5 Å². The number of carbonyl (C=O) groups excluding carboxylic acids is 3. The molecule has 1 aliphatic heterocycles. The SMILES string of the molecule is NC(Cc1ccccc1)C(=O)NC(Cc1ccc(O)cc1)C(=O)NC(CC(=O)O)C(=O)N1CCCC1C(=O)O. The number of nitrogens with two attached hydrogens (primary N) is 1. The van der Waals surface area contributed by atoms with E-state index in [2.05, 4.69) is 10.6 Å². The number of aliphatic carboxylic acids is 2. The number of phenolic OH excluding ortho intramolecular Hbond substituents is 1. The molecular weight excluding hydrogens is 508 g/mol. The van der Waals surface area contributed by atoms with Crippen LogP contribution in [0, 0.1) is 0 Å². The van der Waals surface area contributed by atoms with Crippen LogP contribution in [0.1, 0.15) is 30.4 Å². The number of nitrogens with one attached hydrogen (secondary N) is 2. The normalized spacial score (nSPS) is 17.1. The monoisotopic (exact) mass is 540 g/mol. The average molecular weight is 541 g/mol. The van der Waals surface area contributed by atoms with Gasteiger partial charge in [0.2, 0.25) is 17.7 Å². The van der Waals surface area contributed by atoms with Crippen molar-refractivity contribution in [3.05, 3.63) is 65.7 Å². The van der Waals surface area contributed by atoms with Gasteiger partial charge in [-0.15, -0.1) is 0 Å². The Labute approximate surface area is 224 Å². The summed E-state index contributed by atoms with van der Waals surface area (Å²) in [5, 5.41) is 33.4. The molecule has 4 unspecified atom stereocenters. The first-order chi connectivity index (χ1) is 18.5. The number of carboxylic acid groups (broad SMARTS) is 2. The van der Waals surface area contributed by atoms with Crippen molar-refractivity contribution in [3.63, 3.8) is 0 Å². The Morgan fingerprint density at radius 2 is 1.49 bits per heavy atom. The van der Waals surface area contributed by atoms with Gasteiger partial charge in [0.05, 0.1) is 12.5 Å². The number of hydrogen-bond acceptors (Lipinski definition) is 7. The standard InChI is InChI=1S/C27H32N4O8/c28-19(13-16-5-2-1-3-6-16)24(35)29-20(14-17-8-10-18(32)11-9-17)25(36)30-21(15-23(33)34)26(37)31-12-4-7-22(31)27(38)39/h1-3,5-6,8-11,19-22,32H,4,7,12-15,28H2,(H,29,35)(H,30,36)(H,33,34)(H,38,39). The number of rotatable bonds is 12. The molecule has 0 radical (unpaired) electrons. The van der Waals surface area contributed by atoms with E-state index in [1.54, 1.807) is 36.4 Å². The second-order valence-corrected chi connectivity index (χ2v) is 9.41. The van der Waals surface area contributed by atoms with Crippen molar-refractivity contribution >= 4 is 29.7 Å². The van der Waals surface area contributed by atoms with Gasteiger partial charge in [0, 0.05) is 13.0 Å². The fourth-order valence-corrected chi connectivity index (χ4v) is 4.45. The Bertz CT molecular complexity index is 1190. The maximum absolute atomic E-state index is 13.4. The van der Waals surface area contributed by atoms with Gasteiger partial charge in [0.25, 0.3) is 0 Å². The average Bonchev–Trinajstić information content (AvgIpc) is 3.39. The van der Waals surface area contributed by atoms with E-state index in [9.17, 15) is 39.3 Å². The second kappa shape index (κ2) is 13.4. The first-order valence-electron chi connectivity index (χ1n) is 12.5. The minimum Gasteiger partial charge on any atom is -0.508 e. The van der Waals surface area contributed by atoms with Crippen LogP contribution in [0.15, 0.2) is 54.6 Å². The van der Waals surface area contributed by atoms with E-state index in [4.69, 9.17) is 5.73 Å². The van der Waals surface area contributed by atoms with Gasteiger partial charge in [-0.1, -0.05) is 42.5 Å². The van der Waals surface area contributed by atoms with E-state index >= 15 is 0 Å². The fraction of sp³-hybridized carbons (Fsp3) is 0.370. The highest BCUT2D eigenvalue weighted by atomic mass is 16.4. The summed E-state index contributed by atoms with van der Waals surface area (Å²) in [5.41, 5.74) is 7.46. The summed E-state index contributed by atoms with van der Waals surface area (Å²) in [6, 6.07) is 10.0. The third kappa shape index (κ3) is 8.27. The molecule has 208 valence electrons. The van der Waals surface area contributed by atoms with Crippen LogP contribution in [0.4, 0.5) is 0 Å². The van der Waals surface area contributed by atoms with Gasteiger partial charge in [-0.05, 0) is 42.5 Å². The number of benzene rings is 2. The molecule has 39 heavy (non-hydrogen) atoms. The van der Waals surface area contributed by atoms with Crippen molar-refractivity contribution in [2.24, 2.45) is 5.73 Å². The van der Waals surface area contributed by atoms with Gasteiger partial charge in [0.15, 0.2) is 0 Å². The summed E-state index contributed by atoms with van der Waals surface area (Å²) in [6.45, 7) is 0.115. The third-order valence-corrected chi connectivity index (χ3v) is 6.46. The van der Waals surface area contributed by atoms with Gasteiger partial charge in [-0.2, -0.15) is 0 Å². The van der Waals surface area contributed by atoms with Gasteiger partial charge in [-0.25, -0.2) is 4.79 Å². The molecule has 2 aromatic rings. The molecule has 1 heterocycles. The number of hydrogen-bond donors (Lipinski definition) is 6. The number of carboxylic acids is 2. The molecule has 12 heteroatoms. The molecule has 2 aromatic carbocycles. The molecule has 3 rings (SSSR count). The van der Waals surface area contributed by atoms with Crippen molar-refractivity contribution < 1.29 is 39.3 Å². The molecule has 0 bridgehead atoms. The maximum Gasteiger partial charge on any atom is 0.326 e. The molecule has 7 N–H and O–H groups in total. The smallest absolute Gasteiger partial charge is 0.326 e. The zero-order valence-electron chi connectivity index (χ0n) is 21.2. The highest BCUT2D eigenvalue weighted by molar-refractivity contribution is 5.96. The summed E-state index contributed by atoms with van der Waals surface area (Å²) >= 11 is 0. The summed E-state index contributed by atoms with van der Waals surface area (Å²) in [5.74, 6) is -4.89. The predicted octanol–water partition coefficient (Wildman–Crippen LogP) is 0.0246. The number of amides is 3. The van der Waals surface area contributed by atoms with Gasteiger partial charge < -0.3 is 36.6 Å². The molecule has 4 atom stereocenters. The van der Waals surface area contributed by atoms with Crippen LogP contribution in [0.5, 0.6) is 5.75 Å². The third-order valence-electron chi connectivity index (χ3n) is 6.46. The van der Waals surface area contributed by atoms with Crippen LogP contribution in [0.2, 0.25) is 0 Å². The quantitative estimate of drug-likeness (QED) is 0.215. The number of nitrogens with zero attached hydrogens (tertiary/aromatic N) is 1. The molecule has 0 spiro atoms. The van der Waals surface area contributed by atoms with Crippen LogP contribution in [-0.4, -0.2) is 80.6 Å². The number of phenols is 1. The maximum atomic E-state index is 13.4. The second-order valence-electron chi connectivity index (χ2n) is 9.41. The van der Waals surface area contributed by atoms with Crippen LogP contribution >= 0.6 is 0 Å². The summed E-state index contributed by atoms with van der Waals surface area (Å²) in [7, 11) is 0. The molecule has 3 amide bonds. The van der Waals surface area contributed by atoms with Crippen molar-refractivity contribution in [2.45, 2.75) is 56.3 Å². The first-order valence-corrected chi connectivity index (χ1v) is 12.5. The molecule has 1 aliphatic rings. The Morgan fingerprint density at radius 3 is 2.10 bits per heavy atom. The highest BCUT2D eigenvalue weighted by Crippen LogP contribution is 2.19. The zero-order chi connectivity index (χ0) is 28.5. The van der Waals surface area contributed by atoms with Crippen LogP contribution < -0.4 is 16.4 Å². The summed E-state index contributed by atoms with van der Waals surface area (Å²) in [6.07, 6.45) is 0.0149. The topological polar surface area (TPSA) is 199 Å². The van der Waals surface area contributed by atoms with Crippen LogP contribution in [-0.2, 0) is 36.8 Å². The lowest BCUT2D eigenvalue weighted by molar-refractivity contribution is -0.150. The number of likely N-dealkylation sites (tertiary alicyclic amines) is 1. The number of aromatic hydroxyl groups is 1. The Hall–Kier alpha value is -4.45. The Morgan fingerprint density at radius 1 is 0.872 bits per heavy atom. The lowest BCUT2D eigenvalue weighted by Gasteiger charge is -2.28. The molecule has 0 saturated carbocycles. The van der Waals surface area contributed by atoms with Crippen LogP contribution in [0.3, 0.4) is 0 Å². The van der Waals surface area contributed by atoms with Gasteiger partial charge in [0.1, 0.15) is 23.9 Å². The summed E-state index contributed by atoms with van der Waals surface area (Å²) < 4.78 is 0. The van der Waals surface area contributed by atoms with E-state index in [1.165, 1.54) is 12.1 Å². The van der Waals surface area contributed by atoms with Gasteiger partial charge in [-0.3, -0.25) is 19.2 Å². The van der Waals surface area contributed by atoms with E-state index in [-0.39, 0.29) is 31.6 Å². The van der Waals surface area contributed by atoms with Crippen LogP contribution in [0.25, 0.3) is 0 Å². The lowest BCUT2D eigenvalue weighted by atomic mass is 10.0. The number of carbonyl (C=O) groups is 5. The van der Waals surface area contributed by atoms with E-state index < -0.39 is 60.2 Å². The van der Waals surface area contributed by atoms with Crippen molar-refractivity contribution in [2.75, 3.05) is 6.54 Å². The van der Waals surface area contributed by atoms with E-state index in [1.807, 2.05) is 6.07 Å². The molecule has 0 aliphatic carbocycles. The minimum absolute atomic E-state index is 0.000567. The molecule has 1 saturated heterocycles. The molecule has 12 nitrogen and oxygen atoms in total. The largest absolute Gasteiger partial charge is 0.508 e. The predicted molar refractivity (Wildman–Crippen MR) is 138 cm³/mol. The van der Waals surface area contributed by atoms with Crippen molar-refractivity contribution in [1.29, 1.82) is 0 Å². The van der Waals surface area contributed by atoms with Gasteiger partial charge >= 0.3 is 11.9 Å². The van der Waals surface area contributed by atoms with Crippen molar-refractivity contribution in [3.8, 4) is 5.75 Å². The summed E-state index contributed by atoms with van der Waals surface area (Å²) in [4.78, 5) is 63.6. The highest BCUT2D eigenvalue weighted by Gasteiger charge is 2.39. The van der Waals surface area contributed by atoms with Crippen molar-refractivity contribution in [1.82, 2.24) is 15.5 Å². The molecule has 0 aromatic heterocycles. The Balaban J connectivity index is 1.79. The minimum atomic E-state index is -1.55. The zero-order valence-corrected chi connectivity index (χ0v) is 21.2.